The van der Waals surface area contributed by atoms with Crippen LogP contribution in [0, 0.1) is 0 Å². The van der Waals surface area contributed by atoms with Gasteiger partial charge in [0.1, 0.15) is 5.75 Å². The van der Waals surface area contributed by atoms with Gasteiger partial charge in [-0.25, -0.2) is 9.97 Å². The zero-order chi connectivity index (χ0) is 16.9. The Labute approximate surface area is 138 Å². The van der Waals surface area contributed by atoms with Crippen molar-refractivity contribution in [2.75, 3.05) is 36.4 Å². The topological polar surface area (TPSA) is 98.7 Å². The zero-order valence-electron chi connectivity index (χ0n) is 12.9. The number of nitrogens with zero attached hydrogens (tertiary/aromatic N) is 4. The lowest BCUT2D eigenvalue weighted by molar-refractivity contribution is -0.143. The summed E-state index contributed by atoms with van der Waals surface area (Å²) in [4.78, 5) is 36.1. The summed E-state index contributed by atoms with van der Waals surface area (Å²) in [6.07, 6.45) is 3.34. The van der Waals surface area contributed by atoms with Crippen LogP contribution in [0.3, 0.4) is 0 Å². The zero-order valence-corrected chi connectivity index (χ0v) is 12.9. The van der Waals surface area contributed by atoms with Crippen LogP contribution in [0.25, 0.3) is 0 Å². The number of amides is 2. The number of phenolic OH excluding ortho intramolecular Hbond substituents is 1. The predicted octanol–water partition coefficient (Wildman–Crippen LogP) is 0.470. The summed E-state index contributed by atoms with van der Waals surface area (Å²) in [5.41, 5.74) is 0.379. The Hall–Kier alpha value is -3.16. The molecule has 2 amide bonds. The maximum Gasteiger partial charge on any atom is 0.313 e. The van der Waals surface area contributed by atoms with Gasteiger partial charge in [-0.2, -0.15) is 0 Å². The molecule has 0 spiro atoms. The Bertz CT molecular complexity index is 730. The van der Waals surface area contributed by atoms with E-state index in [2.05, 4.69) is 15.3 Å². The molecule has 1 aromatic heterocycles. The van der Waals surface area contributed by atoms with E-state index in [0.717, 1.165) is 0 Å². The number of piperazine rings is 1. The van der Waals surface area contributed by atoms with Crippen molar-refractivity contribution in [1.29, 1.82) is 0 Å². The van der Waals surface area contributed by atoms with E-state index in [0.29, 0.717) is 37.8 Å². The highest BCUT2D eigenvalue weighted by molar-refractivity contribution is 6.39. The van der Waals surface area contributed by atoms with E-state index in [1.807, 2.05) is 4.90 Å². The van der Waals surface area contributed by atoms with Gasteiger partial charge in [0.15, 0.2) is 0 Å². The third kappa shape index (κ3) is 3.60. The van der Waals surface area contributed by atoms with Crippen LogP contribution in [0.5, 0.6) is 5.75 Å². The average molecular weight is 327 g/mol. The van der Waals surface area contributed by atoms with Crippen molar-refractivity contribution in [2.24, 2.45) is 0 Å². The van der Waals surface area contributed by atoms with Crippen molar-refractivity contribution >= 4 is 23.5 Å². The molecule has 3 rings (SSSR count). The molecule has 1 saturated heterocycles. The van der Waals surface area contributed by atoms with Crippen LogP contribution in [-0.2, 0) is 9.59 Å². The number of hydrogen-bond acceptors (Lipinski definition) is 6. The van der Waals surface area contributed by atoms with Crippen molar-refractivity contribution in [3.63, 3.8) is 0 Å². The van der Waals surface area contributed by atoms with Gasteiger partial charge in [0.25, 0.3) is 0 Å². The molecular formula is C16H17N5O3. The quantitative estimate of drug-likeness (QED) is 0.778. The molecule has 0 radical (unpaired) electrons. The van der Waals surface area contributed by atoms with E-state index in [1.54, 1.807) is 30.6 Å². The summed E-state index contributed by atoms with van der Waals surface area (Å²) in [5.74, 6) is -0.664. The molecule has 1 aromatic carbocycles. The number of rotatable bonds is 2. The number of phenols is 1. The standard InChI is InChI=1S/C16H17N5O3/c22-13-4-1-3-12(11-13)19-14(23)15(24)20-7-9-21(10-8-20)16-17-5-2-6-18-16/h1-6,11,22H,7-10H2,(H,19,23). The molecule has 1 aliphatic heterocycles. The minimum atomic E-state index is -0.718. The van der Waals surface area contributed by atoms with Gasteiger partial charge in [0, 0.05) is 50.3 Å². The second-order valence-corrected chi connectivity index (χ2v) is 5.33. The highest BCUT2D eigenvalue weighted by atomic mass is 16.3. The minimum absolute atomic E-state index is 0.0247. The highest BCUT2D eigenvalue weighted by Crippen LogP contribution is 2.16. The van der Waals surface area contributed by atoms with E-state index in [1.165, 1.54) is 17.0 Å². The number of hydrogen-bond donors (Lipinski definition) is 2. The highest BCUT2D eigenvalue weighted by Gasteiger charge is 2.26. The molecule has 24 heavy (non-hydrogen) atoms. The van der Waals surface area contributed by atoms with Gasteiger partial charge >= 0.3 is 11.8 Å². The maximum atomic E-state index is 12.2. The van der Waals surface area contributed by atoms with Crippen molar-refractivity contribution in [1.82, 2.24) is 14.9 Å². The van der Waals surface area contributed by atoms with Crippen LogP contribution in [0.15, 0.2) is 42.7 Å². The Morgan fingerprint density at radius 3 is 2.42 bits per heavy atom. The molecule has 0 unspecified atom stereocenters. The molecule has 8 heteroatoms. The van der Waals surface area contributed by atoms with Gasteiger partial charge in [-0.05, 0) is 18.2 Å². The second kappa shape index (κ2) is 6.95. The van der Waals surface area contributed by atoms with Crippen LogP contribution in [-0.4, -0.2) is 58.0 Å². The van der Waals surface area contributed by atoms with Gasteiger partial charge in [-0.3, -0.25) is 9.59 Å². The Kier molecular flexibility index (Phi) is 4.55. The summed E-state index contributed by atoms with van der Waals surface area (Å²) in [5, 5.41) is 11.9. The van der Waals surface area contributed by atoms with Crippen LogP contribution in [0.1, 0.15) is 0 Å². The third-order valence-corrected chi connectivity index (χ3v) is 3.70. The summed E-state index contributed by atoms with van der Waals surface area (Å²) >= 11 is 0. The summed E-state index contributed by atoms with van der Waals surface area (Å²) in [7, 11) is 0. The van der Waals surface area contributed by atoms with Crippen molar-refractivity contribution in [3.8, 4) is 5.75 Å². The van der Waals surface area contributed by atoms with Gasteiger partial charge in [-0.1, -0.05) is 6.07 Å². The fraction of sp³-hybridized carbons (Fsp3) is 0.250. The van der Waals surface area contributed by atoms with Crippen LogP contribution in [0.4, 0.5) is 11.6 Å². The van der Waals surface area contributed by atoms with Gasteiger partial charge in [0.2, 0.25) is 5.95 Å². The summed E-state index contributed by atoms with van der Waals surface area (Å²) in [6, 6.07) is 7.82. The normalized spacial score (nSPS) is 14.3. The number of nitrogens with one attached hydrogen (secondary N) is 1. The fourth-order valence-corrected chi connectivity index (χ4v) is 2.48. The van der Waals surface area contributed by atoms with E-state index >= 15 is 0 Å². The number of benzene rings is 1. The molecule has 8 nitrogen and oxygen atoms in total. The Balaban J connectivity index is 1.56. The summed E-state index contributed by atoms with van der Waals surface area (Å²) < 4.78 is 0. The van der Waals surface area contributed by atoms with Crippen LogP contribution >= 0.6 is 0 Å². The monoisotopic (exact) mass is 327 g/mol. The number of anilines is 2. The van der Waals surface area contributed by atoms with E-state index in [9.17, 15) is 14.7 Å². The number of aromatic nitrogens is 2. The first-order valence-corrected chi connectivity index (χ1v) is 7.55. The van der Waals surface area contributed by atoms with Crippen LogP contribution in [0.2, 0.25) is 0 Å². The molecule has 0 bridgehead atoms. The molecule has 2 N–H and O–H groups in total. The smallest absolute Gasteiger partial charge is 0.313 e. The van der Waals surface area contributed by atoms with E-state index in [-0.39, 0.29) is 5.75 Å². The molecule has 2 aromatic rings. The first kappa shape index (κ1) is 15.7. The van der Waals surface area contributed by atoms with Gasteiger partial charge < -0.3 is 20.2 Å². The Morgan fingerprint density at radius 2 is 1.75 bits per heavy atom. The maximum absolute atomic E-state index is 12.2. The van der Waals surface area contributed by atoms with Gasteiger partial charge in [0.05, 0.1) is 0 Å². The Morgan fingerprint density at radius 1 is 1.04 bits per heavy atom. The minimum Gasteiger partial charge on any atom is -0.508 e. The molecule has 1 aliphatic rings. The van der Waals surface area contributed by atoms with Gasteiger partial charge in [-0.15, -0.1) is 0 Å². The summed E-state index contributed by atoms with van der Waals surface area (Å²) in [6.45, 7) is 1.97. The average Bonchev–Trinajstić information content (AvgIpc) is 2.62. The molecule has 0 aliphatic carbocycles. The third-order valence-electron chi connectivity index (χ3n) is 3.70. The molecular weight excluding hydrogens is 310 g/mol. The van der Waals surface area contributed by atoms with Crippen molar-refractivity contribution in [3.05, 3.63) is 42.7 Å². The number of carbonyl (C=O) groups is 2. The lowest BCUT2D eigenvalue weighted by atomic mass is 10.3. The SMILES string of the molecule is O=C(Nc1cccc(O)c1)C(=O)N1CCN(c2ncccn2)CC1. The molecule has 2 heterocycles. The van der Waals surface area contributed by atoms with Crippen LogP contribution < -0.4 is 10.2 Å². The molecule has 0 saturated carbocycles. The first-order valence-electron chi connectivity index (χ1n) is 7.55. The number of aromatic hydroxyl groups is 1. The van der Waals surface area contributed by atoms with Crippen molar-refractivity contribution in [2.45, 2.75) is 0 Å². The number of carbonyl (C=O) groups excluding carboxylic acids is 2. The second-order valence-electron chi connectivity index (χ2n) is 5.33. The largest absolute Gasteiger partial charge is 0.508 e. The lowest BCUT2D eigenvalue weighted by Gasteiger charge is -2.34. The van der Waals surface area contributed by atoms with E-state index < -0.39 is 11.8 Å². The molecule has 0 atom stereocenters. The predicted molar refractivity (Wildman–Crippen MR) is 87.6 cm³/mol. The first-order chi connectivity index (χ1) is 11.6. The van der Waals surface area contributed by atoms with Crippen molar-refractivity contribution < 1.29 is 14.7 Å². The molecule has 124 valence electrons. The lowest BCUT2D eigenvalue weighted by Crippen LogP contribution is -2.52. The fourth-order valence-electron chi connectivity index (χ4n) is 2.48. The van der Waals surface area contributed by atoms with E-state index in [4.69, 9.17) is 0 Å². The molecule has 1 fully saturated rings.